The summed E-state index contributed by atoms with van der Waals surface area (Å²) in [5.41, 5.74) is 6.94. The standard InChI is InChI=1S/C14H19N3O3/c1-2-3-4-9-20-14(19)17-13(15)11-5-7-12(8-6-11)16-10-18/h5-8,10H,2-4,9H2,1H3,(H,16,18)(H2,15,17,19). The molecule has 1 aromatic rings. The van der Waals surface area contributed by atoms with E-state index >= 15 is 0 Å². The summed E-state index contributed by atoms with van der Waals surface area (Å²) in [7, 11) is 0. The molecule has 0 unspecified atom stereocenters. The molecule has 2 amide bonds. The lowest BCUT2D eigenvalue weighted by Crippen LogP contribution is -2.16. The highest BCUT2D eigenvalue weighted by molar-refractivity contribution is 6.03. The summed E-state index contributed by atoms with van der Waals surface area (Å²) in [4.78, 5) is 25.3. The average molecular weight is 277 g/mol. The van der Waals surface area contributed by atoms with Crippen molar-refractivity contribution in [2.45, 2.75) is 26.2 Å². The zero-order valence-corrected chi connectivity index (χ0v) is 11.5. The number of carbonyl (C=O) groups is 2. The fraction of sp³-hybridized carbons (Fsp3) is 0.357. The van der Waals surface area contributed by atoms with Crippen molar-refractivity contribution in [3.8, 4) is 0 Å². The highest BCUT2D eigenvalue weighted by atomic mass is 16.5. The predicted octanol–water partition coefficient (Wildman–Crippen LogP) is 2.29. The number of rotatable bonds is 7. The van der Waals surface area contributed by atoms with Gasteiger partial charge in [-0.1, -0.05) is 19.8 Å². The molecule has 0 atom stereocenters. The molecule has 0 bridgehead atoms. The van der Waals surface area contributed by atoms with E-state index in [0.717, 1.165) is 19.3 Å². The molecule has 0 aliphatic heterocycles. The first-order chi connectivity index (χ1) is 9.67. The molecule has 0 aliphatic carbocycles. The van der Waals surface area contributed by atoms with Gasteiger partial charge in [0.05, 0.1) is 6.61 Å². The van der Waals surface area contributed by atoms with Gasteiger partial charge in [-0.25, -0.2) is 4.79 Å². The Morgan fingerprint density at radius 1 is 1.35 bits per heavy atom. The number of nitrogens with two attached hydrogens (primary N) is 1. The molecule has 108 valence electrons. The van der Waals surface area contributed by atoms with Crippen LogP contribution in [0.5, 0.6) is 0 Å². The second kappa shape index (κ2) is 8.68. The molecular weight excluding hydrogens is 258 g/mol. The number of anilines is 1. The molecule has 0 spiro atoms. The lowest BCUT2D eigenvalue weighted by atomic mass is 10.2. The molecule has 0 fully saturated rings. The van der Waals surface area contributed by atoms with E-state index in [9.17, 15) is 9.59 Å². The minimum absolute atomic E-state index is 0.0862. The van der Waals surface area contributed by atoms with E-state index < -0.39 is 6.09 Å². The van der Waals surface area contributed by atoms with Gasteiger partial charge in [-0.15, -0.1) is 0 Å². The summed E-state index contributed by atoms with van der Waals surface area (Å²) < 4.78 is 4.93. The first-order valence-electron chi connectivity index (χ1n) is 6.49. The van der Waals surface area contributed by atoms with Gasteiger partial charge in [0.25, 0.3) is 0 Å². The van der Waals surface area contributed by atoms with Crippen LogP contribution in [0.4, 0.5) is 10.5 Å². The summed E-state index contributed by atoms with van der Waals surface area (Å²) in [6.07, 6.45) is 2.79. The molecule has 0 saturated heterocycles. The fourth-order valence-electron chi connectivity index (χ4n) is 1.51. The van der Waals surface area contributed by atoms with Crippen molar-refractivity contribution in [1.29, 1.82) is 0 Å². The maximum Gasteiger partial charge on any atom is 0.435 e. The third-order valence-corrected chi connectivity index (χ3v) is 2.59. The Morgan fingerprint density at radius 2 is 2.05 bits per heavy atom. The molecule has 0 aromatic heterocycles. The smallest absolute Gasteiger partial charge is 0.435 e. The Balaban J connectivity index is 2.54. The van der Waals surface area contributed by atoms with E-state index in [4.69, 9.17) is 10.5 Å². The Morgan fingerprint density at radius 3 is 2.65 bits per heavy atom. The van der Waals surface area contributed by atoms with E-state index in [1.807, 2.05) is 0 Å². The van der Waals surface area contributed by atoms with Crippen LogP contribution in [0.3, 0.4) is 0 Å². The van der Waals surface area contributed by atoms with E-state index in [-0.39, 0.29) is 5.84 Å². The zero-order valence-electron chi connectivity index (χ0n) is 11.5. The van der Waals surface area contributed by atoms with Crippen molar-refractivity contribution >= 4 is 24.0 Å². The third-order valence-electron chi connectivity index (χ3n) is 2.59. The number of benzene rings is 1. The van der Waals surface area contributed by atoms with Crippen molar-refractivity contribution in [3.63, 3.8) is 0 Å². The summed E-state index contributed by atoms with van der Waals surface area (Å²) in [6, 6.07) is 6.65. The molecule has 6 heteroatoms. The number of hydrogen-bond donors (Lipinski definition) is 2. The van der Waals surface area contributed by atoms with Gasteiger partial charge in [-0.2, -0.15) is 4.99 Å². The number of nitrogens with zero attached hydrogens (tertiary/aromatic N) is 1. The third kappa shape index (κ3) is 5.51. The molecule has 20 heavy (non-hydrogen) atoms. The van der Waals surface area contributed by atoms with E-state index in [1.54, 1.807) is 24.3 Å². The summed E-state index contributed by atoms with van der Waals surface area (Å²) in [5.74, 6) is 0.0862. The number of carbonyl (C=O) groups excluding carboxylic acids is 2. The fourth-order valence-corrected chi connectivity index (χ4v) is 1.51. The maximum atomic E-state index is 11.4. The number of aliphatic imine (C=N–C) groups is 1. The molecular formula is C14H19N3O3. The van der Waals surface area contributed by atoms with Crippen molar-refractivity contribution in [1.82, 2.24) is 0 Å². The van der Waals surface area contributed by atoms with Gasteiger partial charge in [0.15, 0.2) is 0 Å². The molecule has 0 aliphatic rings. The summed E-state index contributed by atoms with van der Waals surface area (Å²) in [6.45, 7) is 2.42. The number of nitrogens with one attached hydrogen (secondary N) is 1. The van der Waals surface area contributed by atoms with Crippen LogP contribution in [0.15, 0.2) is 29.3 Å². The average Bonchev–Trinajstić information content (AvgIpc) is 2.45. The van der Waals surface area contributed by atoms with Crippen LogP contribution in [0.25, 0.3) is 0 Å². The first-order valence-corrected chi connectivity index (χ1v) is 6.49. The Kier molecular flexibility index (Phi) is 6.81. The van der Waals surface area contributed by atoms with Gasteiger partial charge < -0.3 is 15.8 Å². The van der Waals surface area contributed by atoms with Gasteiger partial charge in [-0.3, -0.25) is 4.79 Å². The molecule has 0 radical (unpaired) electrons. The summed E-state index contributed by atoms with van der Waals surface area (Å²) in [5, 5.41) is 2.50. The molecule has 1 aromatic carbocycles. The number of ether oxygens (including phenoxy) is 1. The van der Waals surface area contributed by atoms with Crippen molar-refractivity contribution in [2.75, 3.05) is 11.9 Å². The Hall–Kier alpha value is -2.37. The van der Waals surface area contributed by atoms with Crippen LogP contribution in [0, 0.1) is 0 Å². The van der Waals surface area contributed by atoms with Gasteiger partial charge in [0.2, 0.25) is 6.41 Å². The number of amides is 2. The first kappa shape index (κ1) is 15.7. The van der Waals surface area contributed by atoms with Crippen LogP contribution in [-0.2, 0) is 9.53 Å². The van der Waals surface area contributed by atoms with E-state index in [0.29, 0.717) is 24.3 Å². The van der Waals surface area contributed by atoms with Crippen molar-refractivity contribution < 1.29 is 14.3 Å². The van der Waals surface area contributed by atoms with Crippen molar-refractivity contribution in [3.05, 3.63) is 29.8 Å². The van der Waals surface area contributed by atoms with Crippen molar-refractivity contribution in [2.24, 2.45) is 10.7 Å². The second-order valence-corrected chi connectivity index (χ2v) is 4.16. The Bertz CT molecular complexity index is 469. The molecule has 1 rings (SSSR count). The number of hydrogen-bond acceptors (Lipinski definition) is 3. The number of unbranched alkanes of at least 4 members (excludes halogenated alkanes) is 2. The second-order valence-electron chi connectivity index (χ2n) is 4.16. The highest BCUT2D eigenvalue weighted by Crippen LogP contribution is 2.08. The minimum Gasteiger partial charge on any atom is -0.448 e. The van der Waals surface area contributed by atoms with Gasteiger partial charge in [0.1, 0.15) is 5.84 Å². The van der Waals surface area contributed by atoms with Crippen LogP contribution < -0.4 is 11.1 Å². The normalized spacial score (nSPS) is 10.9. The molecule has 6 nitrogen and oxygen atoms in total. The lowest BCUT2D eigenvalue weighted by Gasteiger charge is -2.03. The van der Waals surface area contributed by atoms with E-state index in [1.165, 1.54) is 0 Å². The highest BCUT2D eigenvalue weighted by Gasteiger charge is 2.04. The lowest BCUT2D eigenvalue weighted by molar-refractivity contribution is -0.105. The van der Waals surface area contributed by atoms with Gasteiger partial charge in [0, 0.05) is 11.3 Å². The SMILES string of the molecule is CCCCCOC(=O)/N=C(/N)c1ccc(NC=O)cc1. The zero-order chi connectivity index (χ0) is 14.8. The van der Waals surface area contributed by atoms with Gasteiger partial charge in [-0.05, 0) is 30.7 Å². The number of amidine groups is 1. The Labute approximate surface area is 118 Å². The van der Waals surface area contributed by atoms with Crippen LogP contribution in [-0.4, -0.2) is 24.9 Å². The van der Waals surface area contributed by atoms with Gasteiger partial charge >= 0.3 is 6.09 Å². The van der Waals surface area contributed by atoms with Crippen LogP contribution in [0.2, 0.25) is 0 Å². The monoisotopic (exact) mass is 277 g/mol. The van der Waals surface area contributed by atoms with Crippen LogP contribution in [0.1, 0.15) is 31.7 Å². The van der Waals surface area contributed by atoms with Crippen LogP contribution >= 0.6 is 0 Å². The maximum absolute atomic E-state index is 11.4. The molecule has 0 heterocycles. The summed E-state index contributed by atoms with van der Waals surface area (Å²) >= 11 is 0. The topological polar surface area (TPSA) is 93.8 Å². The molecule has 3 N–H and O–H groups in total. The van der Waals surface area contributed by atoms with E-state index in [2.05, 4.69) is 17.2 Å². The quantitative estimate of drug-likeness (QED) is 0.346. The predicted molar refractivity (Wildman–Crippen MR) is 77.7 cm³/mol. The largest absolute Gasteiger partial charge is 0.448 e. The molecule has 0 saturated carbocycles. The minimum atomic E-state index is -0.686.